The molecule has 0 atom stereocenters. The van der Waals surface area contributed by atoms with E-state index in [1.54, 1.807) is 27.7 Å². The largest absolute Gasteiger partial charge is 0.314 e. The molecule has 0 saturated heterocycles. The molecule has 7 heteroatoms. The zero-order valence-electron chi connectivity index (χ0n) is 12.6. The number of hydrogen-bond acceptors (Lipinski definition) is 4. The standard InChI is InChI=1S/C17H13ClN4OS/c18-12-3-1-11(2-4-12)13-10-20-22-15-5-6-21(7-8-24)17(23)14(15)9-19-16(13)22/h1-6,9-10,24H,7-8H2. The predicted octanol–water partition coefficient (Wildman–Crippen LogP) is 3.29. The fourth-order valence-electron chi connectivity index (χ4n) is 2.77. The van der Waals surface area contributed by atoms with Crippen LogP contribution in [0.25, 0.3) is 27.7 Å². The van der Waals surface area contributed by atoms with Crippen LogP contribution < -0.4 is 5.56 Å². The highest BCUT2D eigenvalue weighted by Crippen LogP contribution is 2.26. The van der Waals surface area contributed by atoms with E-state index in [4.69, 9.17) is 11.6 Å². The van der Waals surface area contributed by atoms with Gasteiger partial charge in [-0.2, -0.15) is 17.7 Å². The Morgan fingerprint density at radius 2 is 1.92 bits per heavy atom. The van der Waals surface area contributed by atoms with Gasteiger partial charge in [-0.3, -0.25) is 4.79 Å². The number of thiol groups is 1. The van der Waals surface area contributed by atoms with Crippen molar-refractivity contribution in [2.75, 3.05) is 5.75 Å². The lowest BCUT2D eigenvalue weighted by molar-refractivity contribution is 0.742. The van der Waals surface area contributed by atoms with E-state index in [1.807, 2.05) is 30.3 Å². The van der Waals surface area contributed by atoms with Crippen LogP contribution in [0.15, 0.2) is 53.7 Å². The molecule has 0 fully saturated rings. The average molecular weight is 357 g/mol. The molecule has 0 saturated carbocycles. The molecule has 4 rings (SSSR count). The van der Waals surface area contributed by atoms with Gasteiger partial charge >= 0.3 is 0 Å². The second-order valence-corrected chi connectivity index (χ2v) is 6.28. The molecule has 24 heavy (non-hydrogen) atoms. The quantitative estimate of drug-likeness (QED) is 0.573. The summed E-state index contributed by atoms with van der Waals surface area (Å²) in [4.78, 5) is 17.0. The van der Waals surface area contributed by atoms with Gasteiger partial charge in [-0.1, -0.05) is 23.7 Å². The van der Waals surface area contributed by atoms with Crippen LogP contribution in [-0.4, -0.2) is 24.9 Å². The van der Waals surface area contributed by atoms with E-state index in [0.29, 0.717) is 28.4 Å². The highest BCUT2D eigenvalue weighted by Gasteiger charge is 2.12. The third-order valence-electron chi connectivity index (χ3n) is 3.96. The molecule has 0 N–H and O–H groups in total. The molecule has 0 aliphatic heterocycles. The van der Waals surface area contributed by atoms with Gasteiger partial charge in [0.2, 0.25) is 0 Å². The van der Waals surface area contributed by atoms with Gasteiger partial charge in [0.05, 0.1) is 17.1 Å². The van der Waals surface area contributed by atoms with Crippen molar-refractivity contribution in [3.8, 4) is 11.1 Å². The van der Waals surface area contributed by atoms with Crippen molar-refractivity contribution in [3.63, 3.8) is 0 Å². The van der Waals surface area contributed by atoms with E-state index in [1.165, 1.54) is 0 Å². The summed E-state index contributed by atoms with van der Waals surface area (Å²) >= 11 is 10.1. The molecule has 0 spiro atoms. The Bertz CT molecular complexity index is 1100. The maximum Gasteiger partial charge on any atom is 0.261 e. The molecule has 0 radical (unpaired) electrons. The molecule has 120 valence electrons. The summed E-state index contributed by atoms with van der Waals surface area (Å²) in [5.41, 5.74) is 3.23. The van der Waals surface area contributed by atoms with Crippen LogP contribution in [0.4, 0.5) is 0 Å². The van der Waals surface area contributed by atoms with Crippen LogP contribution in [0, 0.1) is 0 Å². The van der Waals surface area contributed by atoms with Gasteiger partial charge in [-0.25, -0.2) is 9.50 Å². The van der Waals surface area contributed by atoms with Crippen molar-refractivity contribution in [3.05, 3.63) is 64.3 Å². The van der Waals surface area contributed by atoms with Crippen LogP contribution in [0.3, 0.4) is 0 Å². The second-order valence-electron chi connectivity index (χ2n) is 5.40. The molecular weight excluding hydrogens is 344 g/mol. The lowest BCUT2D eigenvalue weighted by Crippen LogP contribution is -2.21. The van der Waals surface area contributed by atoms with Crippen LogP contribution in [0.5, 0.6) is 0 Å². The van der Waals surface area contributed by atoms with Crippen LogP contribution in [0.2, 0.25) is 5.02 Å². The first-order chi connectivity index (χ1) is 11.7. The first-order valence-corrected chi connectivity index (χ1v) is 8.43. The van der Waals surface area contributed by atoms with Crippen molar-refractivity contribution in [2.24, 2.45) is 0 Å². The number of aryl methyl sites for hydroxylation is 1. The Hall–Kier alpha value is -2.31. The van der Waals surface area contributed by atoms with Gasteiger partial charge in [0, 0.05) is 35.3 Å². The Kier molecular flexibility index (Phi) is 3.78. The summed E-state index contributed by atoms with van der Waals surface area (Å²) in [6.07, 6.45) is 5.14. The molecule has 0 bridgehead atoms. The number of hydrogen-bond donors (Lipinski definition) is 1. The Labute approximate surface area is 147 Å². The number of rotatable bonds is 3. The molecule has 1 aromatic carbocycles. The summed E-state index contributed by atoms with van der Waals surface area (Å²) in [5.74, 6) is 0.601. The normalized spacial score (nSPS) is 11.4. The zero-order chi connectivity index (χ0) is 16.7. The van der Waals surface area contributed by atoms with Crippen molar-refractivity contribution < 1.29 is 0 Å². The molecular formula is C17H13ClN4OS. The van der Waals surface area contributed by atoms with Crippen molar-refractivity contribution in [2.45, 2.75) is 6.54 Å². The summed E-state index contributed by atoms with van der Waals surface area (Å²) in [7, 11) is 0. The number of aromatic nitrogens is 4. The number of benzene rings is 1. The number of pyridine rings is 1. The van der Waals surface area contributed by atoms with Gasteiger partial charge < -0.3 is 4.57 Å². The first kappa shape index (κ1) is 15.2. The highest BCUT2D eigenvalue weighted by atomic mass is 35.5. The van der Waals surface area contributed by atoms with Crippen molar-refractivity contribution in [1.82, 2.24) is 19.2 Å². The summed E-state index contributed by atoms with van der Waals surface area (Å²) in [6.45, 7) is 0.561. The van der Waals surface area contributed by atoms with Gasteiger partial charge in [-0.05, 0) is 23.8 Å². The van der Waals surface area contributed by atoms with Gasteiger partial charge in [-0.15, -0.1) is 0 Å². The molecule has 4 aromatic rings. The lowest BCUT2D eigenvalue weighted by Gasteiger charge is -2.06. The average Bonchev–Trinajstić information content (AvgIpc) is 3.02. The smallest absolute Gasteiger partial charge is 0.261 e. The van der Waals surface area contributed by atoms with Gasteiger partial charge in [0.1, 0.15) is 0 Å². The van der Waals surface area contributed by atoms with E-state index in [-0.39, 0.29) is 5.56 Å². The van der Waals surface area contributed by atoms with Crippen LogP contribution >= 0.6 is 24.2 Å². The van der Waals surface area contributed by atoms with Crippen LogP contribution in [-0.2, 0) is 6.54 Å². The SMILES string of the molecule is O=c1c2cnc3c(-c4ccc(Cl)cc4)cnn3c2ccn1CCS. The molecule has 3 aromatic heterocycles. The van der Waals surface area contributed by atoms with E-state index >= 15 is 0 Å². The molecule has 0 aliphatic rings. The summed E-state index contributed by atoms with van der Waals surface area (Å²) in [5, 5.41) is 5.64. The van der Waals surface area contributed by atoms with Crippen LogP contribution in [0.1, 0.15) is 0 Å². The monoisotopic (exact) mass is 356 g/mol. The third kappa shape index (κ3) is 2.39. The summed E-state index contributed by atoms with van der Waals surface area (Å²) < 4.78 is 3.33. The number of nitrogens with zero attached hydrogens (tertiary/aromatic N) is 4. The van der Waals surface area contributed by atoms with Crippen molar-refractivity contribution >= 4 is 40.8 Å². The van der Waals surface area contributed by atoms with E-state index in [9.17, 15) is 4.79 Å². The molecule has 3 heterocycles. The minimum absolute atomic E-state index is 0.0838. The first-order valence-electron chi connectivity index (χ1n) is 7.42. The number of halogens is 1. The number of fused-ring (bicyclic) bond motifs is 3. The van der Waals surface area contributed by atoms with E-state index in [0.717, 1.165) is 16.6 Å². The maximum absolute atomic E-state index is 12.5. The summed E-state index contributed by atoms with van der Waals surface area (Å²) in [6, 6.07) is 9.40. The van der Waals surface area contributed by atoms with Gasteiger partial charge in [0.25, 0.3) is 5.56 Å². The topological polar surface area (TPSA) is 52.2 Å². The Balaban J connectivity index is 1.96. The predicted molar refractivity (Wildman–Crippen MR) is 99.1 cm³/mol. The molecule has 0 amide bonds. The molecule has 0 aliphatic carbocycles. The zero-order valence-corrected chi connectivity index (χ0v) is 14.2. The highest BCUT2D eigenvalue weighted by molar-refractivity contribution is 7.80. The Morgan fingerprint density at radius 3 is 2.67 bits per heavy atom. The minimum Gasteiger partial charge on any atom is -0.314 e. The third-order valence-corrected chi connectivity index (χ3v) is 4.42. The van der Waals surface area contributed by atoms with Gasteiger partial charge in [0.15, 0.2) is 5.65 Å². The molecule has 5 nitrogen and oxygen atoms in total. The second kappa shape index (κ2) is 5.96. The van der Waals surface area contributed by atoms with E-state index in [2.05, 4.69) is 22.7 Å². The fraction of sp³-hybridized carbons (Fsp3) is 0.118. The Morgan fingerprint density at radius 1 is 1.12 bits per heavy atom. The minimum atomic E-state index is -0.0838. The molecule has 0 unspecified atom stereocenters. The maximum atomic E-state index is 12.5. The fourth-order valence-corrected chi connectivity index (χ4v) is 3.11. The lowest BCUT2D eigenvalue weighted by atomic mass is 10.1. The van der Waals surface area contributed by atoms with Crippen molar-refractivity contribution in [1.29, 1.82) is 0 Å². The van der Waals surface area contributed by atoms with E-state index < -0.39 is 0 Å².